The van der Waals surface area contributed by atoms with Gasteiger partial charge in [0, 0.05) is 37.3 Å². The zero-order chi connectivity index (χ0) is 14.7. The van der Waals surface area contributed by atoms with Crippen LogP contribution < -0.4 is 0 Å². The van der Waals surface area contributed by atoms with Gasteiger partial charge >= 0.3 is 5.97 Å². The van der Waals surface area contributed by atoms with Gasteiger partial charge in [0.05, 0.1) is 5.69 Å². The minimum Gasteiger partial charge on any atom is -0.481 e. The van der Waals surface area contributed by atoms with E-state index in [1.54, 1.807) is 0 Å². The van der Waals surface area contributed by atoms with Crippen molar-refractivity contribution >= 4 is 5.97 Å². The van der Waals surface area contributed by atoms with E-state index in [4.69, 9.17) is 5.11 Å². The van der Waals surface area contributed by atoms with Gasteiger partial charge in [-0.15, -0.1) is 0 Å². The molecule has 1 fully saturated rings. The highest BCUT2D eigenvalue weighted by Crippen LogP contribution is 2.31. The zero-order valence-electron chi connectivity index (χ0n) is 12.7. The summed E-state index contributed by atoms with van der Waals surface area (Å²) >= 11 is 0. The van der Waals surface area contributed by atoms with Crippen LogP contribution in [0.5, 0.6) is 0 Å². The quantitative estimate of drug-likeness (QED) is 0.899. The lowest BCUT2D eigenvalue weighted by Crippen LogP contribution is -2.41. The van der Waals surface area contributed by atoms with E-state index in [1.807, 2.05) is 18.7 Å². The molecule has 0 aromatic carbocycles. The molecule has 112 valence electrons. The number of aliphatic carboxylic acids is 1. The molecular formula is C15H25N3O2. The summed E-state index contributed by atoms with van der Waals surface area (Å²) in [6.07, 6.45) is 6.62. The van der Waals surface area contributed by atoms with Gasteiger partial charge in [-0.1, -0.05) is 6.42 Å². The molecule has 0 bridgehead atoms. The maximum atomic E-state index is 10.8. The normalized spacial score (nSPS) is 21.9. The highest BCUT2D eigenvalue weighted by Gasteiger charge is 2.29. The first kappa shape index (κ1) is 15.0. The van der Waals surface area contributed by atoms with Crippen LogP contribution in [-0.2, 0) is 11.8 Å². The van der Waals surface area contributed by atoms with Crippen LogP contribution in [0.4, 0.5) is 0 Å². The third kappa shape index (κ3) is 3.39. The van der Waals surface area contributed by atoms with E-state index in [1.165, 1.54) is 18.4 Å². The van der Waals surface area contributed by atoms with Crippen molar-refractivity contribution in [1.82, 2.24) is 14.7 Å². The van der Waals surface area contributed by atoms with Gasteiger partial charge in [-0.05, 0) is 39.7 Å². The largest absolute Gasteiger partial charge is 0.481 e. The molecule has 1 aromatic rings. The topological polar surface area (TPSA) is 58.4 Å². The number of aromatic nitrogens is 2. The van der Waals surface area contributed by atoms with Gasteiger partial charge in [0.1, 0.15) is 0 Å². The molecule has 2 rings (SSSR count). The van der Waals surface area contributed by atoms with Crippen molar-refractivity contribution in [3.63, 3.8) is 0 Å². The minimum atomic E-state index is -0.694. The van der Waals surface area contributed by atoms with Gasteiger partial charge in [0.25, 0.3) is 0 Å². The van der Waals surface area contributed by atoms with Gasteiger partial charge in [-0.3, -0.25) is 14.4 Å². The molecule has 1 aliphatic rings. The molecule has 5 heteroatoms. The Bertz CT molecular complexity index is 470. The van der Waals surface area contributed by atoms with Crippen LogP contribution in [0.15, 0.2) is 6.20 Å². The van der Waals surface area contributed by atoms with Crippen LogP contribution in [0.25, 0.3) is 0 Å². The third-order valence-electron chi connectivity index (χ3n) is 4.36. The van der Waals surface area contributed by atoms with Crippen molar-refractivity contribution in [2.24, 2.45) is 7.05 Å². The molecular weight excluding hydrogens is 254 g/mol. The number of piperidine rings is 1. The molecule has 2 unspecified atom stereocenters. The number of nitrogens with zero attached hydrogens (tertiary/aromatic N) is 3. The fourth-order valence-corrected chi connectivity index (χ4v) is 3.34. The first-order valence-electron chi connectivity index (χ1n) is 7.46. The molecule has 1 N–H and O–H groups in total. The number of rotatable bonds is 5. The highest BCUT2D eigenvalue weighted by atomic mass is 16.4. The van der Waals surface area contributed by atoms with E-state index >= 15 is 0 Å². The van der Waals surface area contributed by atoms with Gasteiger partial charge < -0.3 is 5.11 Å². The van der Waals surface area contributed by atoms with E-state index in [2.05, 4.69) is 23.1 Å². The molecule has 5 nitrogen and oxygen atoms in total. The molecule has 1 saturated heterocycles. The summed E-state index contributed by atoms with van der Waals surface area (Å²) in [6, 6.07) is 0.692. The van der Waals surface area contributed by atoms with Gasteiger partial charge in [-0.25, -0.2) is 0 Å². The molecule has 1 aliphatic heterocycles. The van der Waals surface area contributed by atoms with Crippen LogP contribution in [0.2, 0.25) is 0 Å². The third-order valence-corrected chi connectivity index (χ3v) is 4.36. The maximum absolute atomic E-state index is 10.8. The first-order chi connectivity index (χ1) is 9.49. The van der Waals surface area contributed by atoms with E-state index < -0.39 is 5.97 Å². The summed E-state index contributed by atoms with van der Waals surface area (Å²) in [7, 11) is 1.95. The summed E-state index contributed by atoms with van der Waals surface area (Å²) in [4.78, 5) is 13.3. The molecule has 20 heavy (non-hydrogen) atoms. The van der Waals surface area contributed by atoms with Crippen molar-refractivity contribution in [1.29, 1.82) is 0 Å². The second-order valence-corrected chi connectivity index (χ2v) is 5.84. The zero-order valence-corrected chi connectivity index (χ0v) is 12.7. The first-order valence-corrected chi connectivity index (χ1v) is 7.46. The molecule has 0 aliphatic carbocycles. The minimum absolute atomic E-state index is 0.264. The standard InChI is InChI=1S/C15H25N3O2/c1-11-14(10-17(3)16-11)12(2)18-9-5-4-6-13(18)7-8-15(19)20/h10,12-13H,4-9H2,1-3H3,(H,19,20). The number of hydrogen-bond acceptors (Lipinski definition) is 3. The van der Waals surface area contributed by atoms with Gasteiger partial charge in [0.2, 0.25) is 0 Å². The average molecular weight is 279 g/mol. The van der Waals surface area contributed by atoms with Gasteiger partial charge in [0.15, 0.2) is 0 Å². The number of hydrogen-bond donors (Lipinski definition) is 1. The fraction of sp³-hybridized carbons (Fsp3) is 0.733. The van der Waals surface area contributed by atoms with Crippen LogP contribution in [0, 0.1) is 6.92 Å². The Morgan fingerprint density at radius 3 is 2.90 bits per heavy atom. The number of carboxylic acids is 1. The Balaban J connectivity index is 2.10. The van der Waals surface area contributed by atoms with Gasteiger partial charge in [-0.2, -0.15) is 5.10 Å². The van der Waals surface area contributed by atoms with Crippen LogP contribution in [0.3, 0.4) is 0 Å². The summed E-state index contributed by atoms with van der Waals surface area (Å²) in [5.41, 5.74) is 2.33. The Labute approximate surface area is 120 Å². The summed E-state index contributed by atoms with van der Waals surface area (Å²) in [6.45, 7) is 5.31. The summed E-state index contributed by atoms with van der Waals surface area (Å²) < 4.78 is 1.86. The molecule has 1 aromatic heterocycles. The van der Waals surface area contributed by atoms with E-state index in [0.717, 1.165) is 25.1 Å². The molecule has 0 spiro atoms. The number of carboxylic acid groups (broad SMARTS) is 1. The SMILES string of the molecule is Cc1nn(C)cc1C(C)N1CCCCC1CCC(=O)O. The van der Waals surface area contributed by atoms with Crippen molar-refractivity contribution in [2.75, 3.05) is 6.54 Å². The van der Waals surface area contributed by atoms with Crippen molar-refractivity contribution in [3.8, 4) is 0 Å². The molecule has 2 heterocycles. The molecule has 0 radical (unpaired) electrons. The van der Waals surface area contributed by atoms with Crippen LogP contribution in [0.1, 0.15) is 56.3 Å². The Hall–Kier alpha value is -1.36. The average Bonchev–Trinajstić information content (AvgIpc) is 2.75. The summed E-state index contributed by atoms with van der Waals surface area (Å²) in [5.74, 6) is -0.694. The monoisotopic (exact) mass is 279 g/mol. The van der Waals surface area contributed by atoms with E-state index in [9.17, 15) is 4.79 Å². The Morgan fingerprint density at radius 2 is 2.30 bits per heavy atom. The fourth-order valence-electron chi connectivity index (χ4n) is 3.34. The van der Waals surface area contributed by atoms with E-state index in [-0.39, 0.29) is 6.42 Å². The second kappa shape index (κ2) is 6.39. The smallest absolute Gasteiger partial charge is 0.303 e. The number of likely N-dealkylation sites (tertiary alicyclic amines) is 1. The van der Waals surface area contributed by atoms with Crippen LogP contribution in [-0.4, -0.2) is 38.3 Å². The summed E-state index contributed by atoms with van der Waals surface area (Å²) in [5, 5.41) is 13.3. The molecule has 2 atom stereocenters. The number of aryl methyl sites for hydroxylation is 2. The Morgan fingerprint density at radius 1 is 1.55 bits per heavy atom. The lowest BCUT2D eigenvalue weighted by molar-refractivity contribution is -0.137. The van der Waals surface area contributed by atoms with Crippen molar-refractivity contribution < 1.29 is 9.90 Å². The highest BCUT2D eigenvalue weighted by molar-refractivity contribution is 5.66. The predicted molar refractivity (Wildman–Crippen MR) is 77.6 cm³/mol. The number of carbonyl (C=O) groups is 1. The van der Waals surface area contributed by atoms with E-state index in [0.29, 0.717) is 12.1 Å². The Kier molecular flexibility index (Phi) is 4.81. The predicted octanol–water partition coefficient (Wildman–Crippen LogP) is 2.51. The van der Waals surface area contributed by atoms with Crippen molar-refractivity contribution in [2.45, 2.75) is 58.0 Å². The van der Waals surface area contributed by atoms with Crippen molar-refractivity contribution in [3.05, 3.63) is 17.5 Å². The molecule has 0 saturated carbocycles. The maximum Gasteiger partial charge on any atom is 0.303 e. The lowest BCUT2D eigenvalue weighted by Gasteiger charge is -2.39. The lowest BCUT2D eigenvalue weighted by atomic mass is 9.94. The van der Waals surface area contributed by atoms with Crippen LogP contribution >= 0.6 is 0 Å². The molecule has 0 amide bonds. The second-order valence-electron chi connectivity index (χ2n) is 5.84.